The van der Waals surface area contributed by atoms with Gasteiger partial charge in [-0.2, -0.15) is 0 Å². The fraction of sp³-hybridized carbons (Fsp3) is 0.417. The van der Waals surface area contributed by atoms with Gasteiger partial charge in [0.25, 0.3) is 5.91 Å². The molecule has 0 aromatic heterocycles. The Balaban J connectivity index is 1.37. The third-order valence-corrected chi connectivity index (χ3v) is 12.6. The highest BCUT2D eigenvalue weighted by Gasteiger charge is 2.67. The number of hydrogen-bond donors (Lipinski definition) is 1. The molecule has 11 heteroatoms. The summed E-state index contributed by atoms with van der Waals surface area (Å²) in [6.07, 6.45) is 1.40. The molecule has 0 bridgehead atoms. The van der Waals surface area contributed by atoms with Crippen LogP contribution in [-0.2, 0) is 31.3 Å². The first-order valence-corrected chi connectivity index (χ1v) is 19.1. The van der Waals surface area contributed by atoms with Crippen LogP contribution in [0.4, 0.5) is 21.2 Å². The highest BCUT2D eigenvalue weighted by molar-refractivity contribution is 6.72. The molecule has 2 fully saturated rings. The lowest BCUT2D eigenvalue weighted by molar-refractivity contribution is -0.150. The Hall–Kier alpha value is -4.06. The number of para-hydroxylation sites is 1. The Morgan fingerprint density at radius 3 is 2.55 bits per heavy atom. The molecule has 3 aliphatic heterocycles. The number of benzene rings is 3. The van der Waals surface area contributed by atoms with Crippen LogP contribution < -0.4 is 14.5 Å². The molecule has 47 heavy (non-hydrogen) atoms. The minimum Gasteiger partial charge on any atom is -0.497 e. The second-order valence-electron chi connectivity index (χ2n) is 13.3. The van der Waals surface area contributed by atoms with Crippen LogP contribution in [0, 0.1) is 5.92 Å². The minimum atomic E-state index is -3.49. The molecule has 1 N–H and O–H groups in total. The summed E-state index contributed by atoms with van der Waals surface area (Å²) in [5.41, 5.74) is 1.22. The summed E-state index contributed by atoms with van der Waals surface area (Å²) in [5.74, 6) is -0.544. The summed E-state index contributed by atoms with van der Waals surface area (Å²) in [6, 6.07) is 21.9. The Morgan fingerprint density at radius 2 is 1.87 bits per heavy atom. The molecule has 3 amide bonds. The van der Waals surface area contributed by atoms with E-state index in [0.29, 0.717) is 34.9 Å². The normalized spacial score (nSPS) is 25.4. The summed E-state index contributed by atoms with van der Waals surface area (Å²) >= 11 is 0. The van der Waals surface area contributed by atoms with E-state index >= 15 is 4.11 Å². The highest BCUT2D eigenvalue weighted by atomic mass is 28.4. The number of rotatable bonds is 10. The Morgan fingerprint density at radius 1 is 1.13 bits per heavy atom. The molecule has 248 valence electrons. The van der Waals surface area contributed by atoms with Crippen molar-refractivity contribution in [3.63, 3.8) is 0 Å². The number of anilines is 3. The van der Waals surface area contributed by atoms with Crippen molar-refractivity contribution in [1.82, 2.24) is 4.90 Å². The first kappa shape index (κ1) is 32.9. The zero-order valence-electron chi connectivity index (χ0n) is 27.3. The minimum absolute atomic E-state index is 0.0662. The van der Waals surface area contributed by atoms with Gasteiger partial charge in [0.2, 0.25) is 20.7 Å². The zero-order valence-corrected chi connectivity index (χ0v) is 28.3. The molecule has 2 saturated heterocycles. The fourth-order valence-electron chi connectivity index (χ4n) is 8.00. The summed E-state index contributed by atoms with van der Waals surface area (Å²) in [5, 5.41) is 9.84. The number of nitrogens with zero attached hydrogens (tertiary/aromatic N) is 3. The maximum Gasteiger partial charge on any atom is 0.264 e. The number of hydrogen-bond acceptors (Lipinski definition) is 6. The standard InChI is InChI=1S/C36H42FN3O6Si/c1-24-34(47(3,4)37)32(20-33(43)38-17-9-14-28(38)22-41)46-36(24)30-19-29(45-2)15-16-31(30)39(35(36)44)21-25-10-8-13-27(18-25)40(23-42)26-11-6-5-7-12-26/h5-8,10-13,15-16,18-19,23-24,28,32,34,41H,9,14,17,20-22H2,1-4H3/t24-,28-,32+,34-,36+/m0/s1. The van der Waals surface area contributed by atoms with E-state index < -0.39 is 31.6 Å². The van der Waals surface area contributed by atoms with Crippen molar-refractivity contribution in [2.24, 2.45) is 5.92 Å². The molecule has 0 aliphatic carbocycles. The van der Waals surface area contributed by atoms with E-state index in [1.165, 1.54) is 0 Å². The van der Waals surface area contributed by atoms with Gasteiger partial charge in [-0.05, 0) is 74.0 Å². The molecule has 3 aliphatic rings. The lowest BCUT2D eigenvalue weighted by Gasteiger charge is -2.31. The largest absolute Gasteiger partial charge is 0.497 e. The van der Waals surface area contributed by atoms with Gasteiger partial charge in [-0.15, -0.1) is 0 Å². The summed E-state index contributed by atoms with van der Waals surface area (Å²) in [7, 11) is -1.94. The van der Waals surface area contributed by atoms with E-state index in [4.69, 9.17) is 9.47 Å². The predicted molar refractivity (Wildman–Crippen MR) is 180 cm³/mol. The molecule has 3 heterocycles. The van der Waals surface area contributed by atoms with Gasteiger partial charge in [-0.25, -0.2) is 0 Å². The molecule has 3 aromatic carbocycles. The number of amides is 3. The monoisotopic (exact) mass is 659 g/mol. The number of ether oxygens (including phenoxy) is 2. The van der Waals surface area contributed by atoms with Crippen molar-refractivity contribution in [3.8, 4) is 5.75 Å². The van der Waals surface area contributed by atoms with E-state index in [0.717, 1.165) is 24.8 Å². The zero-order chi connectivity index (χ0) is 33.5. The molecule has 3 aromatic rings. The Labute approximate surface area is 276 Å². The smallest absolute Gasteiger partial charge is 0.264 e. The van der Waals surface area contributed by atoms with Gasteiger partial charge in [-0.1, -0.05) is 37.3 Å². The quantitative estimate of drug-likeness (QED) is 0.171. The van der Waals surface area contributed by atoms with E-state index in [2.05, 4.69) is 0 Å². The van der Waals surface area contributed by atoms with Gasteiger partial charge < -0.3 is 28.5 Å². The van der Waals surface area contributed by atoms with E-state index in [1.807, 2.05) is 67.6 Å². The fourth-order valence-corrected chi connectivity index (χ4v) is 10.5. The molecule has 0 unspecified atom stereocenters. The van der Waals surface area contributed by atoms with Crippen LogP contribution >= 0.6 is 0 Å². The lowest BCUT2D eigenvalue weighted by atomic mass is 9.82. The van der Waals surface area contributed by atoms with Crippen LogP contribution in [0.3, 0.4) is 0 Å². The van der Waals surface area contributed by atoms with Crippen LogP contribution in [-0.4, -0.2) is 69.0 Å². The number of likely N-dealkylation sites (tertiary alicyclic amines) is 1. The van der Waals surface area contributed by atoms with Crippen LogP contribution in [0.15, 0.2) is 72.8 Å². The van der Waals surface area contributed by atoms with E-state index in [9.17, 15) is 19.5 Å². The van der Waals surface area contributed by atoms with Crippen molar-refractivity contribution < 1.29 is 33.1 Å². The van der Waals surface area contributed by atoms with Crippen LogP contribution in [0.5, 0.6) is 5.75 Å². The van der Waals surface area contributed by atoms with E-state index in [-0.39, 0.29) is 37.4 Å². The number of fused-ring (bicyclic) bond motifs is 2. The van der Waals surface area contributed by atoms with Crippen LogP contribution in [0.1, 0.15) is 37.3 Å². The SMILES string of the molecule is COc1ccc2c(c1)[C@@]1(O[C@H](CC(=O)N3CCC[C@H]3CO)[C@@H]([Si](C)(C)F)[C@@H]1C)C(=O)N2Cc1cccc(N(C=O)c2ccccc2)c1. The Bertz CT molecular complexity index is 1650. The first-order valence-electron chi connectivity index (χ1n) is 16.2. The molecule has 1 spiro atoms. The lowest BCUT2D eigenvalue weighted by Crippen LogP contribution is -2.45. The van der Waals surface area contributed by atoms with Crippen molar-refractivity contribution in [2.75, 3.05) is 30.1 Å². The predicted octanol–water partition coefficient (Wildman–Crippen LogP) is 5.68. The average Bonchev–Trinajstić information content (AvgIpc) is 3.72. The number of carbonyl (C=O) groups excluding carboxylic acids is 3. The number of aliphatic hydroxyl groups excluding tert-OH is 1. The molecule has 6 rings (SSSR count). The topological polar surface area (TPSA) is 99.6 Å². The van der Waals surface area contributed by atoms with Crippen LogP contribution in [0.2, 0.25) is 18.6 Å². The first-order chi connectivity index (χ1) is 22.5. The average molecular weight is 660 g/mol. The highest BCUT2D eigenvalue weighted by Crippen LogP contribution is 2.60. The summed E-state index contributed by atoms with van der Waals surface area (Å²) in [6.45, 7) is 5.69. The number of carbonyl (C=O) groups is 3. The van der Waals surface area contributed by atoms with Crippen molar-refractivity contribution >= 4 is 43.7 Å². The maximum absolute atomic E-state index is 16.3. The van der Waals surface area contributed by atoms with Crippen molar-refractivity contribution in [3.05, 3.63) is 83.9 Å². The number of methoxy groups -OCH3 is 1. The molecule has 5 atom stereocenters. The maximum atomic E-state index is 16.3. The third kappa shape index (κ3) is 5.74. The summed E-state index contributed by atoms with van der Waals surface area (Å²) in [4.78, 5) is 45.4. The number of aliphatic hydroxyl groups is 1. The second-order valence-corrected chi connectivity index (χ2v) is 17.1. The van der Waals surface area contributed by atoms with Crippen molar-refractivity contribution in [1.29, 1.82) is 0 Å². The van der Waals surface area contributed by atoms with Crippen molar-refractivity contribution in [2.45, 2.75) is 69.1 Å². The molecule has 0 radical (unpaired) electrons. The van der Waals surface area contributed by atoms with Gasteiger partial charge in [0.05, 0.1) is 44.5 Å². The van der Waals surface area contributed by atoms with E-state index in [1.54, 1.807) is 47.0 Å². The van der Waals surface area contributed by atoms with Crippen LogP contribution in [0.25, 0.3) is 0 Å². The van der Waals surface area contributed by atoms with Gasteiger partial charge in [0.15, 0.2) is 5.60 Å². The van der Waals surface area contributed by atoms with Gasteiger partial charge in [0, 0.05) is 34.9 Å². The molecule has 9 nitrogen and oxygen atoms in total. The second kappa shape index (κ2) is 12.9. The molecular formula is C36H42FN3O6Si. The van der Waals surface area contributed by atoms with Gasteiger partial charge >= 0.3 is 0 Å². The van der Waals surface area contributed by atoms with Gasteiger partial charge in [-0.3, -0.25) is 19.3 Å². The summed E-state index contributed by atoms with van der Waals surface area (Å²) < 4.78 is 28.7. The Kier molecular flexibility index (Phi) is 8.99. The third-order valence-electron chi connectivity index (χ3n) is 10.1. The number of halogens is 1. The molecule has 0 saturated carbocycles. The van der Waals surface area contributed by atoms with Gasteiger partial charge in [0.1, 0.15) is 5.75 Å². The molecular weight excluding hydrogens is 617 g/mol.